The summed E-state index contributed by atoms with van der Waals surface area (Å²) < 4.78 is 1.06. The summed E-state index contributed by atoms with van der Waals surface area (Å²) in [6, 6.07) is 2.05. The van der Waals surface area contributed by atoms with E-state index in [1.54, 1.807) is 11.3 Å². The minimum Gasteiger partial charge on any atom is -0.303 e. The van der Waals surface area contributed by atoms with Crippen LogP contribution in [0.5, 0.6) is 0 Å². The third kappa shape index (κ3) is 3.16. The number of rotatable bonds is 3. The lowest BCUT2D eigenvalue weighted by Gasteiger charge is -2.36. The number of Topliss-reactive ketones (excluding diaryl/α,β-unsaturated/α-hetero) is 1. The topological polar surface area (TPSA) is 23.6 Å². The molecule has 0 amide bonds. The molecule has 2 rings (SSSR count). The van der Waals surface area contributed by atoms with Gasteiger partial charge in [-0.3, -0.25) is 9.69 Å². The van der Waals surface area contributed by atoms with E-state index in [1.807, 2.05) is 18.5 Å². The number of nitrogens with zero attached hydrogens (tertiary/aromatic N) is 2. The average Bonchev–Trinajstić information content (AvgIpc) is 2.68. The molecular weight excluding hydrogens is 300 g/mol. The third-order valence-corrected chi connectivity index (χ3v) is 5.17. The molecule has 0 aliphatic carbocycles. The van der Waals surface area contributed by atoms with Crippen LogP contribution in [0.4, 0.5) is 0 Å². The van der Waals surface area contributed by atoms with Gasteiger partial charge in [-0.2, -0.15) is 0 Å². The zero-order valence-electron chi connectivity index (χ0n) is 10.1. The molecule has 5 heteroatoms. The summed E-state index contributed by atoms with van der Waals surface area (Å²) in [5.74, 6) is 0.321. The van der Waals surface area contributed by atoms with Gasteiger partial charge in [-0.05, 0) is 41.5 Å². The molecule has 0 aromatic carbocycles. The Bertz CT molecular complexity index is 407. The average molecular weight is 317 g/mol. The molecule has 0 spiro atoms. The van der Waals surface area contributed by atoms with E-state index in [-0.39, 0.29) is 6.04 Å². The lowest BCUT2D eigenvalue weighted by Crippen LogP contribution is -2.53. The van der Waals surface area contributed by atoms with E-state index in [9.17, 15) is 4.79 Å². The van der Waals surface area contributed by atoms with Gasteiger partial charge in [0.05, 0.1) is 6.04 Å². The fourth-order valence-corrected chi connectivity index (χ4v) is 3.59. The fourth-order valence-electron chi connectivity index (χ4n) is 2.09. The maximum absolute atomic E-state index is 12.3. The molecule has 0 bridgehead atoms. The lowest BCUT2D eigenvalue weighted by molar-refractivity contribution is -0.125. The van der Waals surface area contributed by atoms with Crippen molar-refractivity contribution in [1.82, 2.24) is 9.80 Å². The van der Waals surface area contributed by atoms with Crippen molar-refractivity contribution in [1.29, 1.82) is 0 Å². The Morgan fingerprint density at radius 2 is 2.29 bits per heavy atom. The summed E-state index contributed by atoms with van der Waals surface area (Å²) in [6.45, 7) is 2.86. The Hall–Kier alpha value is -0.230. The van der Waals surface area contributed by atoms with Gasteiger partial charge in [0.25, 0.3) is 0 Å². The van der Waals surface area contributed by atoms with Gasteiger partial charge in [-0.15, -0.1) is 11.3 Å². The summed E-state index contributed by atoms with van der Waals surface area (Å²) in [5.41, 5.74) is 0. The molecule has 1 aliphatic rings. The molecule has 94 valence electrons. The van der Waals surface area contributed by atoms with E-state index >= 15 is 0 Å². The first-order valence-electron chi connectivity index (χ1n) is 5.71. The predicted molar refractivity (Wildman–Crippen MR) is 74.6 cm³/mol. The van der Waals surface area contributed by atoms with E-state index < -0.39 is 0 Å². The molecule has 17 heavy (non-hydrogen) atoms. The Kier molecular flexibility index (Phi) is 4.36. The second-order valence-electron chi connectivity index (χ2n) is 4.59. The van der Waals surface area contributed by atoms with E-state index in [2.05, 4.69) is 32.8 Å². The number of ketones is 1. The van der Waals surface area contributed by atoms with Gasteiger partial charge in [0.1, 0.15) is 0 Å². The van der Waals surface area contributed by atoms with Crippen LogP contribution in [0.15, 0.2) is 15.9 Å². The maximum Gasteiger partial charge on any atom is 0.156 e. The fraction of sp³-hybridized carbons (Fsp3) is 0.583. The van der Waals surface area contributed by atoms with Crippen LogP contribution in [0, 0.1) is 0 Å². The van der Waals surface area contributed by atoms with Crippen LogP contribution in [-0.2, 0) is 11.2 Å². The third-order valence-electron chi connectivity index (χ3n) is 3.25. The summed E-state index contributed by atoms with van der Waals surface area (Å²) in [5, 5.41) is 2.02. The van der Waals surface area contributed by atoms with Crippen LogP contribution in [0.3, 0.4) is 0 Å². The molecule has 1 unspecified atom stereocenters. The molecule has 1 atom stereocenters. The van der Waals surface area contributed by atoms with Gasteiger partial charge >= 0.3 is 0 Å². The van der Waals surface area contributed by atoms with Gasteiger partial charge in [0.15, 0.2) is 5.78 Å². The minimum absolute atomic E-state index is 0.0442. The number of halogens is 1. The highest BCUT2D eigenvalue weighted by molar-refractivity contribution is 9.10. The van der Waals surface area contributed by atoms with Crippen LogP contribution in [0.2, 0.25) is 0 Å². The zero-order valence-corrected chi connectivity index (χ0v) is 12.6. The zero-order chi connectivity index (χ0) is 12.4. The van der Waals surface area contributed by atoms with Crippen LogP contribution >= 0.6 is 27.3 Å². The SMILES string of the molecule is CN1CCN(C)C(C(=O)Cc2sccc2Br)C1. The van der Waals surface area contributed by atoms with Crippen LogP contribution < -0.4 is 0 Å². The van der Waals surface area contributed by atoms with Crippen molar-refractivity contribution in [2.45, 2.75) is 12.5 Å². The Balaban J connectivity index is 2.02. The van der Waals surface area contributed by atoms with Crippen molar-refractivity contribution in [2.24, 2.45) is 0 Å². The van der Waals surface area contributed by atoms with E-state index in [0.717, 1.165) is 29.0 Å². The molecule has 1 fully saturated rings. The first-order valence-corrected chi connectivity index (χ1v) is 7.38. The number of likely N-dealkylation sites (N-methyl/N-ethyl adjacent to an activating group) is 2. The largest absolute Gasteiger partial charge is 0.303 e. The first-order chi connectivity index (χ1) is 8.08. The standard InChI is InChI=1S/C12H17BrN2OS/c1-14-4-5-15(2)10(8-14)11(16)7-12-9(13)3-6-17-12/h3,6,10H,4-5,7-8H2,1-2H3. The summed E-state index contributed by atoms with van der Waals surface area (Å²) >= 11 is 5.12. The van der Waals surface area contributed by atoms with Crippen molar-refractivity contribution >= 4 is 33.0 Å². The quantitative estimate of drug-likeness (QED) is 0.850. The molecule has 2 heterocycles. The minimum atomic E-state index is 0.0442. The molecule has 0 N–H and O–H groups in total. The maximum atomic E-state index is 12.3. The molecular formula is C12H17BrN2OS. The number of hydrogen-bond donors (Lipinski definition) is 0. The normalized spacial score (nSPS) is 22.9. The van der Waals surface area contributed by atoms with Crippen molar-refractivity contribution in [3.05, 3.63) is 20.8 Å². The molecule has 1 aromatic heterocycles. The van der Waals surface area contributed by atoms with Gasteiger partial charge in [-0.1, -0.05) is 0 Å². The number of piperazine rings is 1. The molecule has 3 nitrogen and oxygen atoms in total. The molecule has 1 aromatic rings. The molecule has 1 saturated heterocycles. The van der Waals surface area contributed by atoms with Crippen molar-refractivity contribution in [3.8, 4) is 0 Å². The lowest BCUT2D eigenvalue weighted by atomic mass is 10.1. The van der Waals surface area contributed by atoms with E-state index in [1.165, 1.54) is 0 Å². The van der Waals surface area contributed by atoms with Gasteiger partial charge in [0, 0.05) is 35.4 Å². The highest BCUT2D eigenvalue weighted by atomic mass is 79.9. The van der Waals surface area contributed by atoms with Gasteiger partial charge in [-0.25, -0.2) is 0 Å². The number of thiophene rings is 1. The molecule has 0 radical (unpaired) electrons. The number of carbonyl (C=O) groups is 1. The van der Waals surface area contributed by atoms with E-state index in [0.29, 0.717) is 12.2 Å². The molecule has 0 saturated carbocycles. The van der Waals surface area contributed by atoms with E-state index in [4.69, 9.17) is 0 Å². The first kappa shape index (κ1) is 13.2. The van der Waals surface area contributed by atoms with Crippen LogP contribution in [-0.4, -0.2) is 55.4 Å². The summed E-state index contributed by atoms with van der Waals surface area (Å²) in [7, 11) is 4.12. The Morgan fingerprint density at radius 3 is 2.94 bits per heavy atom. The smallest absolute Gasteiger partial charge is 0.156 e. The van der Waals surface area contributed by atoms with Crippen LogP contribution in [0.1, 0.15) is 4.88 Å². The number of hydrogen-bond acceptors (Lipinski definition) is 4. The summed E-state index contributed by atoms with van der Waals surface area (Å²) in [6.07, 6.45) is 0.543. The van der Waals surface area contributed by atoms with Gasteiger partial charge < -0.3 is 4.90 Å². The monoisotopic (exact) mass is 316 g/mol. The van der Waals surface area contributed by atoms with Crippen molar-refractivity contribution in [2.75, 3.05) is 33.7 Å². The number of carbonyl (C=O) groups excluding carboxylic acids is 1. The van der Waals surface area contributed by atoms with Crippen molar-refractivity contribution in [3.63, 3.8) is 0 Å². The van der Waals surface area contributed by atoms with Crippen molar-refractivity contribution < 1.29 is 4.79 Å². The summed E-state index contributed by atoms with van der Waals surface area (Å²) in [4.78, 5) is 17.8. The second kappa shape index (κ2) is 5.61. The molecule has 1 aliphatic heterocycles. The van der Waals surface area contributed by atoms with Crippen LogP contribution in [0.25, 0.3) is 0 Å². The highest BCUT2D eigenvalue weighted by Crippen LogP contribution is 2.24. The predicted octanol–water partition coefficient (Wildman–Crippen LogP) is 1.87. The Morgan fingerprint density at radius 1 is 1.53 bits per heavy atom. The highest BCUT2D eigenvalue weighted by Gasteiger charge is 2.28. The second-order valence-corrected chi connectivity index (χ2v) is 6.45. The van der Waals surface area contributed by atoms with Gasteiger partial charge in [0.2, 0.25) is 0 Å². The Labute approximate surface area is 115 Å².